The van der Waals surface area contributed by atoms with Gasteiger partial charge in [0.1, 0.15) is 36.0 Å². The summed E-state index contributed by atoms with van der Waals surface area (Å²) in [5.74, 6) is -0.663. The molecule has 46 heavy (non-hydrogen) atoms. The van der Waals surface area contributed by atoms with E-state index in [0.29, 0.717) is 65.5 Å². The van der Waals surface area contributed by atoms with E-state index in [9.17, 15) is 24.8 Å². The summed E-state index contributed by atoms with van der Waals surface area (Å²) >= 11 is 0. The second kappa shape index (κ2) is 13.2. The first-order chi connectivity index (χ1) is 22.3. The Hall–Kier alpha value is -4.99. The molecule has 0 radical (unpaired) electrons. The summed E-state index contributed by atoms with van der Waals surface area (Å²) in [4.78, 5) is 42.8. The molecule has 2 N–H and O–H groups in total. The molecule has 11 nitrogen and oxygen atoms in total. The van der Waals surface area contributed by atoms with Crippen LogP contribution >= 0.6 is 0 Å². The maximum absolute atomic E-state index is 15.4. The number of methoxy groups -OCH3 is 1. The van der Waals surface area contributed by atoms with E-state index >= 15 is 4.39 Å². The van der Waals surface area contributed by atoms with Crippen LogP contribution in [0, 0.1) is 17.1 Å². The van der Waals surface area contributed by atoms with Crippen molar-refractivity contribution >= 4 is 23.4 Å². The normalized spacial score (nSPS) is 19.0. The third kappa shape index (κ3) is 5.99. The molecule has 0 aromatic heterocycles. The molecule has 2 atom stereocenters. The number of nitriles is 1. The monoisotopic (exact) mass is 627 g/mol. The van der Waals surface area contributed by atoms with Gasteiger partial charge in [0.05, 0.1) is 31.9 Å². The molecule has 6 rings (SSSR count). The highest BCUT2D eigenvalue weighted by Crippen LogP contribution is 2.34. The number of carbonyl (C=O) groups is 3. The van der Waals surface area contributed by atoms with Gasteiger partial charge >= 0.3 is 0 Å². The molecule has 2 saturated heterocycles. The zero-order chi connectivity index (χ0) is 32.4. The molecule has 0 aliphatic carbocycles. The van der Waals surface area contributed by atoms with Crippen LogP contribution in [0.15, 0.2) is 54.6 Å². The summed E-state index contributed by atoms with van der Waals surface area (Å²) in [5.41, 5.74) is 3.44. The first-order valence-corrected chi connectivity index (χ1v) is 15.2. The molecule has 0 spiro atoms. The number of amides is 3. The van der Waals surface area contributed by atoms with Crippen molar-refractivity contribution in [3.63, 3.8) is 0 Å². The quantitative estimate of drug-likeness (QED) is 0.344. The number of aliphatic hydroxyl groups is 1. The minimum absolute atomic E-state index is 0.0777. The number of fused-ring (bicyclic) bond motifs is 1. The number of anilines is 1. The van der Waals surface area contributed by atoms with Gasteiger partial charge in [-0.25, -0.2) is 4.39 Å². The standard InChI is InChI=1S/C34H34FN5O6/c1-45-31-16-24(8-7-22(31)17-36)38-11-13-39(14-12-38)29(19-41)21-5-6-23(27(35)15-21)20-46-30-4-2-3-25-26(30)18-40(34(25)44)28-9-10-32(42)37-33(28)43/h2-8,15-16,28-29,41H,9-14,18-20H2,1H3,(H,37,42,43)/t28-,29?/m0/s1. The Balaban J connectivity index is 1.09. The molecule has 3 aromatic rings. The van der Waals surface area contributed by atoms with E-state index < -0.39 is 17.8 Å². The lowest BCUT2D eigenvalue weighted by atomic mass is 10.0. The van der Waals surface area contributed by atoms with Crippen LogP contribution in [-0.2, 0) is 22.7 Å². The van der Waals surface area contributed by atoms with E-state index in [-0.39, 0.29) is 50.5 Å². The predicted octanol–water partition coefficient (Wildman–Crippen LogP) is 2.90. The van der Waals surface area contributed by atoms with E-state index in [0.717, 1.165) is 5.69 Å². The van der Waals surface area contributed by atoms with E-state index in [1.807, 2.05) is 12.1 Å². The lowest BCUT2D eigenvalue weighted by Gasteiger charge is -2.40. The van der Waals surface area contributed by atoms with Crippen LogP contribution in [0.1, 0.15) is 51.5 Å². The Labute approximate surface area is 265 Å². The van der Waals surface area contributed by atoms with Crippen molar-refractivity contribution in [3.8, 4) is 17.6 Å². The second-order valence-corrected chi connectivity index (χ2v) is 11.5. The van der Waals surface area contributed by atoms with Gasteiger partial charge in [0, 0.05) is 61.0 Å². The van der Waals surface area contributed by atoms with E-state index in [1.54, 1.807) is 36.4 Å². The topological polar surface area (TPSA) is 135 Å². The van der Waals surface area contributed by atoms with Crippen LogP contribution < -0.4 is 19.7 Å². The fourth-order valence-corrected chi connectivity index (χ4v) is 6.43. The fourth-order valence-electron chi connectivity index (χ4n) is 6.43. The highest BCUT2D eigenvalue weighted by atomic mass is 19.1. The minimum atomic E-state index is -0.739. The lowest BCUT2D eigenvalue weighted by Crippen LogP contribution is -2.52. The molecule has 3 aliphatic heterocycles. The summed E-state index contributed by atoms with van der Waals surface area (Å²) in [6.45, 7) is 2.57. The van der Waals surface area contributed by atoms with Gasteiger partial charge in [-0.15, -0.1) is 0 Å². The number of aliphatic hydroxyl groups excluding tert-OH is 1. The smallest absolute Gasteiger partial charge is 0.255 e. The molecule has 3 aromatic carbocycles. The van der Waals surface area contributed by atoms with E-state index in [1.165, 1.54) is 18.1 Å². The van der Waals surface area contributed by atoms with Crippen molar-refractivity contribution in [2.24, 2.45) is 0 Å². The van der Waals surface area contributed by atoms with Gasteiger partial charge in [0.25, 0.3) is 5.91 Å². The number of nitrogens with one attached hydrogen (secondary N) is 1. The molecule has 238 valence electrons. The van der Waals surface area contributed by atoms with Gasteiger partial charge in [-0.2, -0.15) is 5.26 Å². The largest absolute Gasteiger partial charge is 0.495 e. The van der Waals surface area contributed by atoms with Crippen molar-refractivity contribution in [1.29, 1.82) is 5.26 Å². The number of piperazine rings is 1. The number of piperidine rings is 1. The number of hydrogen-bond acceptors (Lipinski definition) is 9. The number of halogens is 1. The number of ether oxygens (including phenoxy) is 2. The fraction of sp³-hybridized carbons (Fsp3) is 0.353. The summed E-state index contributed by atoms with van der Waals surface area (Å²) < 4.78 is 26.7. The van der Waals surface area contributed by atoms with Gasteiger partial charge in [0.2, 0.25) is 11.8 Å². The molecule has 3 amide bonds. The Morgan fingerprint density at radius 3 is 2.57 bits per heavy atom. The molecule has 1 unspecified atom stereocenters. The van der Waals surface area contributed by atoms with Crippen LogP contribution in [0.5, 0.6) is 11.5 Å². The highest BCUT2D eigenvalue weighted by molar-refractivity contribution is 6.05. The second-order valence-electron chi connectivity index (χ2n) is 11.5. The van der Waals surface area contributed by atoms with Gasteiger partial charge in [-0.05, 0) is 42.3 Å². The van der Waals surface area contributed by atoms with Crippen molar-refractivity contribution in [3.05, 3.63) is 88.2 Å². The van der Waals surface area contributed by atoms with Crippen molar-refractivity contribution < 1.29 is 33.4 Å². The maximum atomic E-state index is 15.4. The van der Waals surface area contributed by atoms with Crippen LogP contribution in [0.25, 0.3) is 0 Å². The summed E-state index contributed by atoms with van der Waals surface area (Å²) in [5, 5.41) is 21.8. The number of nitrogens with zero attached hydrogens (tertiary/aromatic N) is 4. The van der Waals surface area contributed by atoms with E-state index in [2.05, 4.69) is 21.2 Å². The number of benzene rings is 3. The van der Waals surface area contributed by atoms with Gasteiger partial charge in [0.15, 0.2) is 0 Å². The van der Waals surface area contributed by atoms with Crippen LogP contribution in [-0.4, -0.2) is 78.6 Å². The van der Waals surface area contributed by atoms with Gasteiger partial charge in [-0.1, -0.05) is 18.2 Å². The molecule has 3 aliphatic rings. The third-order valence-electron chi connectivity index (χ3n) is 8.98. The molecular weight excluding hydrogens is 593 g/mol. The van der Waals surface area contributed by atoms with E-state index in [4.69, 9.17) is 9.47 Å². The number of carbonyl (C=O) groups excluding carboxylic acids is 3. The van der Waals surface area contributed by atoms with Crippen molar-refractivity contribution in [1.82, 2.24) is 15.1 Å². The number of hydrogen-bond donors (Lipinski definition) is 2. The lowest BCUT2D eigenvalue weighted by molar-refractivity contribution is -0.136. The Bertz CT molecular complexity index is 1720. The first-order valence-electron chi connectivity index (χ1n) is 15.2. The molecule has 3 heterocycles. The van der Waals surface area contributed by atoms with Crippen LogP contribution in [0.4, 0.5) is 10.1 Å². The van der Waals surface area contributed by atoms with Crippen molar-refractivity contribution in [2.75, 3.05) is 44.8 Å². The Morgan fingerprint density at radius 2 is 1.87 bits per heavy atom. The third-order valence-corrected chi connectivity index (χ3v) is 8.98. The molecule has 0 bridgehead atoms. The minimum Gasteiger partial charge on any atom is -0.495 e. The average Bonchev–Trinajstić information content (AvgIpc) is 3.41. The summed E-state index contributed by atoms with van der Waals surface area (Å²) in [7, 11) is 1.54. The highest BCUT2D eigenvalue weighted by Gasteiger charge is 2.40. The molecule has 12 heteroatoms. The summed E-state index contributed by atoms with van der Waals surface area (Å²) in [6, 6.07) is 16.4. The van der Waals surface area contributed by atoms with Crippen molar-refractivity contribution in [2.45, 2.75) is 38.1 Å². The average molecular weight is 628 g/mol. The zero-order valence-corrected chi connectivity index (χ0v) is 25.4. The Kier molecular flexibility index (Phi) is 8.87. The van der Waals surface area contributed by atoms with Crippen LogP contribution in [0.3, 0.4) is 0 Å². The number of rotatable bonds is 9. The van der Waals surface area contributed by atoms with Gasteiger partial charge in [-0.3, -0.25) is 24.6 Å². The maximum Gasteiger partial charge on any atom is 0.255 e. The molecule has 2 fully saturated rings. The molecular formula is C34H34FN5O6. The number of imide groups is 1. The summed E-state index contributed by atoms with van der Waals surface area (Å²) in [6.07, 6.45) is 0.422. The van der Waals surface area contributed by atoms with Gasteiger partial charge < -0.3 is 24.4 Å². The zero-order valence-electron chi connectivity index (χ0n) is 25.4. The first kappa shape index (κ1) is 31.0. The molecule has 0 saturated carbocycles. The SMILES string of the molecule is COc1cc(N2CCN(C(CO)c3ccc(COc4cccc5c4CN([C@H]4CCC(=O)NC4=O)C5=O)c(F)c3)CC2)ccc1C#N. The Morgan fingerprint density at radius 1 is 1.07 bits per heavy atom. The van der Waals surface area contributed by atoms with Crippen LogP contribution in [0.2, 0.25) is 0 Å². The predicted molar refractivity (Wildman–Crippen MR) is 165 cm³/mol.